The molecule has 0 aliphatic heterocycles. The van der Waals surface area contributed by atoms with Crippen LogP contribution in [0.15, 0.2) is 12.8 Å². The number of halogens is 1. The molecule has 1 nitrogen and oxygen atoms in total. The van der Waals surface area contributed by atoms with Crippen molar-refractivity contribution in [2.45, 2.75) is 36.2 Å². The van der Waals surface area contributed by atoms with E-state index in [1.165, 1.54) is 25.7 Å². The van der Waals surface area contributed by atoms with Crippen LogP contribution in [0, 0.1) is 0 Å². The lowest BCUT2D eigenvalue weighted by atomic mass is 10.2. The molecule has 0 unspecified atom stereocenters. The van der Waals surface area contributed by atoms with Crippen LogP contribution in [0.4, 0.5) is 0 Å². The minimum Gasteiger partial charge on any atom is -0.364 e. The van der Waals surface area contributed by atoms with Gasteiger partial charge in [0.2, 0.25) is 0 Å². The van der Waals surface area contributed by atoms with Crippen LogP contribution in [-0.4, -0.2) is 15.0 Å². The first-order chi connectivity index (χ1) is 5.23. The topological polar surface area (TPSA) is 3.24 Å². The van der Waals surface area contributed by atoms with Gasteiger partial charge in [0.25, 0.3) is 0 Å². The van der Waals surface area contributed by atoms with E-state index in [0.717, 1.165) is 6.54 Å². The van der Waals surface area contributed by atoms with Crippen molar-refractivity contribution in [1.82, 2.24) is 4.90 Å². The number of nitrogens with zero attached hydrogens (tertiary/aromatic N) is 1. The molecule has 0 spiro atoms. The Morgan fingerprint density at radius 2 is 2.09 bits per heavy atom. The zero-order valence-electron chi connectivity index (χ0n) is 7.15. The summed E-state index contributed by atoms with van der Waals surface area (Å²) in [4.78, 5) is 2.36. The molecule has 0 amide bonds. The molecule has 0 atom stereocenters. The van der Waals surface area contributed by atoms with Crippen LogP contribution in [0.5, 0.6) is 0 Å². The van der Waals surface area contributed by atoms with E-state index in [1.807, 2.05) is 6.20 Å². The monoisotopic (exact) mass is 265 g/mol. The molecular formula is C9H16IN. The highest BCUT2D eigenvalue weighted by Crippen LogP contribution is 2.40. The second-order valence-electron chi connectivity index (χ2n) is 3.09. The predicted molar refractivity (Wildman–Crippen MR) is 57.8 cm³/mol. The summed E-state index contributed by atoms with van der Waals surface area (Å²) < 4.78 is 0.397. The zero-order valence-corrected chi connectivity index (χ0v) is 9.30. The van der Waals surface area contributed by atoms with Gasteiger partial charge in [0.1, 0.15) is 0 Å². The lowest BCUT2D eigenvalue weighted by Crippen LogP contribution is -2.36. The first-order valence-electron chi connectivity index (χ1n) is 4.31. The zero-order chi connectivity index (χ0) is 8.32. The number of hydrogen-bond donors (Lipinski definition) is 0. The van der Waals surface area contributed by atoms with Gasteiger partial charge in [0.15, 0.2) is 0 Å². The average Bonchev–Trinajstić information content (AvgIpc) is 2.39. The van der Waals surface area contributed by atoms with Crippen LogP contribution in [0.2, 0.25) is 0 Å². The highest BCUT2D eigenvalue weighted by atomic mass is 127. The van der Waals surface area contributed by atoms with Crippen LogP contribution >= 0.6 is 22.6 Å². The Balaban J connectivity index is 2.60. The molecule has 1 rings (SSSR count). The maximum absolute atomic E-state index is 3.84. The second kappa shape index (κ2) is 3.78. The molecular weight excluding hydrogens is 249 g/mol. The van der Waals surface area contributed by atoms with Crippen molar-refractivity contribution in [3.63, 3.8) is 0 Å². The third-order valence-corrected chi connectivity index (χ3v) is 4.14. The smallest absolute Gasteiger partial charge is 0.0911 e. The fourth-order valence-corrected chi connectivity index (χ4v) is 3.08. The molecule has 1 aliphatic rings. The fraction of sp³-hybridized carbons (Fsp3) is 0.778. The van der Waals surface area contributed by atoms with Crippen molar-refractivity contribution < 1.29 is 0 Å². The minimum atomic E-state index is 0.397. The van der Waals surface area contributed by atoms with E-state index < -0.39 is 0 Å². The van der Waals surface area contributed by atoms with Gasteiger partial charge in [-0.3, -0.25) is 0 Å². The molecule has 0 heterocycles. The van der Waals surface area contributed by atoms with Gasteiger partial charge in [-0.2, -0.15) is 0 Å². The molecule has 0 aromatic heterocycles. The summed E-state index contributed by atoms with van der Waals surface area (Å²) in [5, 5.41) is 0. The summed E-state index contributed by atoms with van der Waals surface area (Å²) in [6.07, 6.45) is 7.40. The molecule has 0 bridgehead atoms. The quantitative estimate of drug-likeness (QED) is 0.430. The van der Waals surface area contributed by atoms with Crippen molar-refractivity contribution in [3.8, 4) is 0 Å². The number of rotatable bonds is 3. The van der Waals surface area contributed by atoms with E-state index in [1.54, 1.807) is 0 Å². The van der Waals surface area contributed by atoms with Gasteiger partial charge in [0.05, 0.1) is 3.55 Å². The molecule has 0 N–H and O–H groups in total. The van der Waals surface area contributed by atoms with E-state index in [0.29, 0.717) is 3.55 Å². The summed E-state index contributed by atoms with van der Waals surface area (Å²) in [7, 11) is 0. The Kier molecular flexibility index (Phi) is 3.22. The summed E-state index contributed by atoms with van der Waals surface area (Å²) >= 11 is 2.58. The van der Waals surface area contributed by atoms with E-state index in [-0.39, 0.29) is 0 Å². The fourth-order valence-electron chi connectivity index (χ4n) is 1.78. The Morgan fingerprint density at radius 1 is 1.55 bits per heavy atom. The van der Waals surface area contributed by atoms with Gasteiger partial charge >= 0.3 is 0 Å². The third-order valence-electron chi connectivity index (χ3n) is 2.45. The van der Waals surface area contributed by atoms with E-state index in [9.17, 15) is 0 Å². The summed E-state index contributed by atoms with van der Waals surface area (Å²) in [6.45, 7) is 7.13. The van der Waals surface area contributed by atoms with Crippen molar-refractivity contribution >= 4 is 22.6 Å². The highest BCUT2D eigenvalue weighted by Gasteiger charge is 2.34. The largest absolute Gasteiger partial charge is 0.364 e. The lowest BCUT2D eigenvalue weighted by Gasteiger charge is -2.34. The van der Waals surface area contributed by atoms with Gasteiger partial charge in [-0.15, -0.1) is 0 Å². The molecule has 0 radical (unpaired) electrons. The summed E-state index contributed by atoms with van der Waals surface area (Å²) in [6, 6.07) is 0. The second-order valence-corrected chi connectivity index (χ2v) is 5.10. The molecule has 1 fully saturated rings. The Morgan fingerprint density at radius 3 is 2.45 bits per heavy atom. The van der Waals surface area contributed by atoms with E-state index in [2.05, 4.69) is 41.0 Å². The van der Waals surface area contributed by atoms with E-state index in [4.69, 9.17) is 0 Å². The lowest BCUT2D eigenvalue weighted by molar-refractivity contribution is 0.277. The first-order valence-corrected chi connectivity index (χ1v) is 5.39. The van der Waals surface area contributed by atoms with Crippen LogP contribution in [0.25, 0.3) is 0 Å². The van der Waals surface area contributed by atoms with Crippen molar-refractivity contribution in [3.05, 3.63) is 12.8 Å². The van der Waals surface area contributed by atoms with Gasteiger partial charge in [-0.05, 0) is 26.0 Å². The summed E-state index contributed by atoms with van der Waals surface area (Å²) in [5.74, 6) is 0. The van der Waals surface area contributed by atoms with Gasteiger partial charge in [-0.25, -0.2) is 0 Å². The predicted octanol–water partition coefficient (Wildman–Crippen LogP) is 3.16. The maximum atomic E-state index is 3.84. The standard InChI is InChI=1S/C9H16IN/c1-3-11(4-2)9(10)7-5-6-8-9/h3H,1,4-8H2,2H3. The molecule has 2 heteroatoms. The van der Waals surface area contributed by atoms with Gasteiger partial charge in [0, 0.05) is 6.54 Å². The van der Waals surface area contributed by atoms with Crippen molar-refractivity contribution in [2.75, 3.05) is 6.54 Å². The van der Waals surface area contributed by atoms with Crippen molar-refractivity contribution in [1.29, 1.82) is 0 Å². The summed E-state index contributed by atoms with van der Waals surface area (Å²) in [5.41, 5.74) is 0. The Labute approximate surface area is 83.0 Å². The molecule has 1 aliphatic carbocycles. The van der Waals surface area contributed by atoms with Gasteiger partial charge in [-0.1, -0.05) is 42.0 Å². The van der Waals surface area contributed by atoms with Crippen LogP contribution < -0.4 is 0 Å². The average molecular weight is 265 g/mol. The molecule has 0 aromatic rings. The maximum Gasteiger partial charge on any atom is 0.0911 e. The molecule has 64 valence electrons. The molecule has 0 aromatic carbocycles. The first kappa shape index (κ1) is 9.36. The molecule has 11 heavy (non-hydrogen) atoms. The Bertz CT molecular complexity index is 138. The molecule has 1 saturated carbocycles. The minimum absolute atomic E-state index is 0.397. The van der Waals surface area contributed by atoms with E-state index >= 15 is 0 Å². The number of alkyl halides is 1. The normalized spacial score (nSPS) is 21.6. The van der Waals surface area contributed by atoms with Crippen LogP contribution in [0.1, 0.15) is 32.6 Å². The van der Waals surface area contributed by atoms with Crippen LogP contribution in [0.3, 0.4) is 0 Å². The Hall–Kier alpha value is 0.270. The third kappa shape index (κ3) is 1.89. The number of hydrogen-bond acceptors (Lipinski definition) is 1. The van der Waals surface area contributed by atoms with Gasteiger partial charge < -0.3 is 4.90 Å². The molecule has 0 saturated heterocycles. The van der Waals surface area contributed by atoms with Crippen molar-refractivity contribution in [2.24, 2.45) is 0 Å². The van der Waals surface area contributed by atoms with Crippen LogP contribution in [-0.2, 0) is 0 Å². The highest BCUT2D eigenvalue weighted by molar-refractivity contribution is 14.1. The SMILES string of the molecule is C=CN(CC)C1(I)CCCC1.